The van der Waals surface area contributed by atoms with E-state index < -0.39 is 4.92 Å². The van der Waals surface area contributed by atoms with Crippen LogP contribution in [0.2, 0.25) is 0 Å². The van der Waals surface area contributed by atoms with Gasteiger partial charge in [0.1, 0.15) is 11.4 Å². The highest BCUT2D eigenvalue weighted by molar-refractivity contribution is 7.98. The Hall–Kier alpha value is -2.21. The minimum atomic E-state index is -0.463. The van der Waals surface area contributed by atoms with Crippen molar-refractivity contribution < 1.29 is 9.66 Å². The fraction of sp³-hybridized carbons (Fsp3) is 0.143. The van der Waals surface area contributed by atoms with Crippen molar-refractivity contribution in [2.24, 2.45) is 0 Å². The van der Waals surface area contributed by atoms with Crippen LogP contribution in [0.15, 0.2) is 47.4 Å². The Balaban J connectivity index is 2.10. The van der Waals surface area contributed by atoms with Crippen LogP contribution >= 0.6 is 11.8 Å². The second kappa shape index (κ2) is 6.29. The van der Waals surface area contributed by atoms with E-state index in [1.165, 1.54) is 6.07 Å². The van der Waals surface area contributed by atoms with Crippen LogP contribution in [0.25, 0.3) is 0 Å². The molecule has 0 fully saturated rings. The van der Waals surface area contributed by atoms with Crippen molar-refractivity contribution in [1.82, 2.24) is 0 Å². The van der Waals surface area contributed by atoms with E-state index in [1.54, 1.807) is 31.0 Å². The number of anilines is 1. The minimum Gasteiger partial charge on any atom is -0.497 e. The maximum absolute atomic E-state index is 10.8. The number of hydrogen-bond donors (Lipinski definition) is 1. The summed E-state index contributed by atoms with van der Waals surface area (Å²) in [7, 11) is 1.62. The van der Waals surface area contributed by atoms with E-state index >= 15 is 0 Å². The summed E-state index contributed by atoms with van der Waals surface area (Å²) in [5.74, 6) is 1.42. The Morgan fingerprint density at radius 1 is 1.30 bits per heavy atom. The van der Waals surface area contributed by atoms with E-state index in [4.69, 9.17) is 10.5 Å². The van der Waals surface area contributed by atoms with Gasteiger partial charge in [-0.3, -0.25) is 10.1 Å². The second-order valence-corrected chi connectivity index (χ2v) is 5.17. The first-order valence-corrected chi connectivity index (χ1v) is 6.88. The largest absolute Gasteiger partial charge is 0.497 e. The van der Waals surface area contributed by atoms with Gasteiger partial charge in [-0.2, -0.15) is 0 Å². The summed E-state index contributed by atoms with van der Waals surface area (Å²) < 4.78 is 5.15. The number of methoxy groups -OCH3 is 1. The smallest absolute Gasteiger partial charge is 0.292 e. The lowest BCUT2D eigenvalue weighted by atomic mass is 10.2. The molecule has 0 heterocycles. The third-order valence-corrected chi connectivity index (χ3v) is 3.80. The van der Waals surface area contributed by atoms with Crippen molar-refractivity contribution in [2.75, 3.05) is 12.8 Å². The first-order valence-electron chi connectivity index (χ1n) is 5.90. The predicted octanol–water partition coefficient (Wildman–Crippen LogP) is 3.48. The Bertz CT molecular complexity index is 632. The van der Waals surface area contributed by atoms with Crippen LogP contribution in [-0.4, -0.2) is 12.0 Å². The normalized spacial score (nSPS) is 10.2. The zero-order valence-electron chi connectivity index (χ0n) is 10.9. The topological polar surface area (TPSA) is 78.4 Å². The van der Waals surface area contributed by atoms with Crippen molar-refractivity contribution in [3.05, 3.63) is 58.1 Å². The van der Waals surface area contributed by atoms with Gasteiger partial charge in [0.25, 0.3) is 5.69 Å². The summed E-state index contributed by atoms with van der Waals surface area (Å²) in [6.07, 6.45) is 0. The zero-order chi connectivity index (χ0) is 14.5. The monoisotopic (exact) mass is 290 g/mol. The Morgan fingerprint density at radius 2 is 2.10 bits per heavy atom. The lowest BCUT2D eigenvalue weighted by molar-refractivity contribution is -0.383. The SMILES string of the molecule is COc1cccc(SCc2ccc(N)c([N+](=O)[O-])c2)c1. The molecule has 0 radical (unpaired) electrons. The van der Waals surface area contributed by atoms with Crippen molar-refractivity contribution in [3.63, 3.8) is 0 Å². The number of nitro groups is 1. The fourth-order valence-electron chi connectivity index (χ4n) is 1.69. The number of nitro benzene ring substituents is 1. The third kappa shape index (κ3) is 3.42. The van der Waals surface area contributed by atoms with Gasteiger partial charge in [-0.15, -0.1) is 11.8 Å². The molecule has 2 aromatic carbocycles. The van der Waals surface area contributed by atoms with Crippen molar-refractivity contribution in [3.8, 4) is 5.75 Å². The molecule has 0 amide bonds. The average Bonchev–Trinajstić information content (AvgIpc) is 2.46. The highest BCUT2D eigenvalue weighted by atomic mass is 32.2. The van der Waals surface area contributed by atoms with Gasteiger partial charge in [-0.05, 0) is 29.8 Å². The zero-order valence-corrected chi connectivity index (χ0v) is 11.7. The molecule has 6 heteroatoms. The average molecular weight is 290 g/mol. The van der Waals surface area contributed by atoms with Crippen LogP contribution in [0.3, 0.4) is 0 Å². The summed E-state index contributed by atoms with van der Waals surface area (Å²) in [5, 5.41) is 10.8. The Kier molecular flexibility index (Phi) is 4.47. The molecule has 0 aliphatic rings. The van der Waals surface area contributed by atoms with Gasteiger partial charge in [-0.25, -0.2) is 0 Å². The molecule has 0 aliphatic heterocycles. The molecule has 2 aromatic rings. The number of nitrogens with two attached hydrogens (primary N) is 1. The van der Waals surface area contributed by atoms with Gasteiger partial charge >= 0.3 is 0 Å². The number of hydrogen-bond acceptors (Lipinski definition) is 5. The molecular formula is C14H14N2O3S. The van der Waals surface area contributed by atoms with E-state index in [2.05, 4.69) is 0 Å². The van der Waals surface area contributed by atoms with Crippen molar-refractivity contribution >= 4 is 23.1 Å². The van der Waals surface area contributed by atoms with E-state index in [-0.39, 0.29) is 11.4 Å². The number of nitrogen functional groups attached to an aromatic ring is 1. The van der Waals surface area contributed by atoms with Gasteiger partial charge in [0.05, 0.1) is 12.0 Å². The molecule has 0 saturated heterocycles. The highest BCUT2D eigenvalue weighted by Gasteiger charge is 2.11. The van der Waals surface area contributed by atoms with Crippen molar-refractivity contribution in [2.45, 2.75) is 10.6 Å². The molecule has 2 N–H and O–H groups in total. The number of thioether (sulfide) groups is 1. The molecule has 0 bridgehead atoms. The maximum atomic E-state index is 10.8. The van der Waals surface area contributed by atoms with Gasteiger partial charge in [0.2, 0.25) is 0 Å². The summed E-state index contributed by atoms with van der Waals surface area (Å²) >= 11 is 1.59. The van der Waals surface area contributed by atoms with Crippen LogP contribution < -0.4 is 10.5 Å². The fourth-order valence-corrected chi connectivity index (χ4v) is 2.58. The molecule has 104 valence electrons. The summed E-state index contributed by atoms with van der Waals surface area (Å²) in [6, 6.07) is 12.6. The van der Waals surface area contributed by atoms with Crippen LogP contribution in [-0.2, 0) is 5.75 Å². The molecule has 0 spiro atoms. The highest BCUT2D eigenvalue weighted by Crippen LogP contribution is 2.29. The first kappa shape index (κ1) is 14.2. The molecule has 0 aliphatic carbocycles. The van der Waals surface area contributed by atoms with E-state index in [0.717, 1.165) is 16.2 Å². The quantitative estimate of drug-likeness (QED) is 0.395. The number of ether oxygens (including phenoxy) is 1. The Morgan fingerprint density at radius 3 is 2.80 bits per heavy atom. The van der Waals surface area contributed by atoms with E-state index in [9.17, 15) is 10.1 Å². The molecule has 0 saturated carbocycles. The second-order valence-electron chi connectivity index (χ2n) is 4.12. The van der Waals surface area contributed by atoms with Gasteiger partial charge in [0.15, 0.2) is 0 Å². The van der Waals surface area contributed by atoms with Gasteiger partial charge in [-0.1, -0.05) is 12.1 Å². The van der Waals surface area contributed by atoms with Gasteiger partial charge < -0.3 is 10.5 Å². The van der Waals surface area contributed by atoms with Crippen LogP contribution in [0, 0.1) is 10.1 Å². The summed E-state index contributed by atoms with van der Waals surface area (Å²) in [5.41, 5.74) is 6.57. The summed E-state index contributed by atoms with van der Waals surface area (Å²) in [4.78, 5) is 11.4. The van der Waals surface area contributed by atoms with Crippen molar-refractivity contribution in [1.29, 1.82) is 0 Å². The number of benzene rings is 2. The molecule has 0 atom stereocenters. The van der Waals surface area contributed by atoms with E-state index in [1.807, 2.05) is 24.3 Å². The Labute approximate surface area is 120 Å². The molecule has 0 unspecified atom stereocenters. The number of nitrogens with zero attached hydrogens (tertiary/aromatic N) is 1. The lowest BCUT2D eigenvalue weighted by Crippen LogP contribution is -1.96. The molecule has 5 nitrogen and oxygen atoms in total. The number of rotatable bonds is 5. The van der Waals surface area contributed by atoms with E-state index in [0.29, 0.717) is 5.75 Å². The standard InChI is InChI=1S/C14H14N2O3S/c1-19-11-3-2-4-12(8-11)20-9-10-5-6-13(15)14(7-10)16(17)18/h2-8H,9,15H2,1H3. The molecule has 0 aromatic heterocycles. The predicted molar refractivity (Wildman–Crippen MR) is 80.1 cm³/mol. The minimum absolute atomic E-state index is 0.0475. The first-order chi connectivity index (χ1) is 9.60. The third-order valence-electron chi connectivity index (χ3n) is 2.74. The maximum Gasteiger partial charge on any atom is 0.292 e. The van der Waals surface area contributed by atoms with Crippen LogP contribution in [0.1, 0.15) is 5.56 Å². The molecule has 2 rings (SSSR count). The lowest BCUT2D eigenvalue weighted by Gasteiger charge is -2.05. The molecule has 20 heavy (non-hydrogen) atoms. The molecular weight excluding hydrogens is 276 g/mol. The van der Waals surface area contributed by atoms with Gasteiger partial charge in [0, 0.05) is 16.7 Å². The van der Waals surface area contributed by atoms with Crippen LogP contribution in [0.5, 0.6) is 5.75 Å². The summed E-state index contributed by atoms with van der Waals surface area (Å²) in [6.45, 7) is 0. The van der Waals surface area contributed by atoms with Crippen LogP contribution in [0.4, 0.5) is 11.4 Å².